The minimum Gasteiger partial charge on any atom is -0.326 e. The Kier molecular flexibility index (Phi) is 3.31. The molecule has 0 atom stereocenters. The molecule has 0 amide bonds. The Labute approximate surface area is 134 Å². The van der Waals surface area contributed by atoms with Crippen molar-refractivity contribution in [2.75, 3.05) is 0 Å². The molecule has 0 saturated carbocycles. The van der Waals surface area contributed by atoms with Crippen molar-refractivity contribution in [1.29, 1.82) is 0 Å². The van der Waals surface area contributed by atoms with E-state index in [4.69, 9.17) is 5.73 Å². The lowest BCUT2D eigenvalue weighted by Crippen LogP contribution is -2.27. The van der Waals surface area contributed by atoms with Crippen LogP contribution in [0.2, 0.25) is 0 Å². The molecular weight excluding hydrogens is 288 g/mol. The normalized spacial score (nSPS) is 14.2. The van der Waals surface area contributed by atoms with E-state index < -0.39 is 0 Å². The summed E-state index contributed by atoms with van der Waals surface area (Å²) in [6.07, 6.45) is 5.94. The third-order valence-corrected chi connectivity index (χ3v) is 4.78. The third-order valence-electron chi connectivity index (χ3n) is 4.78. The Morgan fingerprint density at radius 1 is 1.22 bits per heavy atom. The molecule has 0 bridgehead atoms. The quantitative estimate of drug-likeness (QED) is 0.788. The molecule has 0 fully saturated rings. The van der Waals surface area contributed by atoms with Crippen molar-refractivity contribution in [3.63, 3.8) is 0 Å². The van der Waals surface area contributed by atoms with Gasteiger partial charge in [0.25, 0.3) is 5.56 Å². The molecule has 5 nitrogen and oxygen atoms in total. The van der Waals surface area contributed by atoms with Gasteiger partial charge in [0, 0.05) is 24.5 Å². The second kappa shape index (κ2) is 5.35. The average molecular weight is 308 g/mol. The number of benzene rings is 1. The molecule has 2 heterocycles. The Morgan fingerprint density at radius 2 is 2.00 bits per heavy atom. The highest BCUT2D eigenvalue weighted by Crippen LogP contribution is 2.28. The topological polar surface area (TPSA) is 65.8 Å². The van der Waals surface area contributed by atoms with E-state index in [1.165, 1.54) is 5.56 Å². The van der Waals surface area contributed by atoms with Gasteiger partial charge in [-0.2, -0.15) is 5.10 Å². The minimum absolute atomic E-state index is 0.0879. The summed E-state index contributed by atoms with van der Waals surface area (Å²) in [6.45, 7) is 0.460. The van der Waals surface area contributed by atoms with E-state index in [0.29, 0.717) is 6.54 Å². The SMILES string of the molecule is Cn1ncc2c3c(c(=O)n(-c4cccc(CN)c4)c21)CCCC3. The Bertz CT molecular complexity index is 952. The summed E-state index contributed by atoms with van der Waals surface area (Å²) in [5.41, 5.74) is 10.7. The van der Waals surface area contributed by atoms with Crippen molar-refractivity contribution in [2.45, 2.75) is 32.2 Å². The van der Waals surface area contributed by atoms with Crippen LogP contribution in [-0.2, 0) is 26.4 Å². The van der Waals surface area contributed by atoms with Crippen LogP contribution in [-0.4, -0.2) is 14.3 Å². The zero-order chi connectivity index (χ0) is 16.0. The number of rotatable bonds is 2. The summed E-state index contributed by atoms with van der Waals surface area (Å²) in [5, 5.41) is 5.50. The Balaban J connectivity index is 2.11. The smallest absolute Gasteiger partial charge is 0.260 e. The van der Waals surface area contributed by atoms with Gasteiger partial charge in [0.15, 0.2) is 0 Å². The molecule has 1 aliphatic rings. The van der Waals surface area contributed by atoms with Crippen LogP contribution in [0.25, 0.3) is 16.7 Å². The van der Waals surface area contributed by atoms with Crippen LogP contribution in [0.5, 0.6) is 0 Å². The predicted octanol–water partition coefficient (Wildman–Crippen LogP) is 2.06. The highest BCUT2D eigenvalue weighted by Gasteiger charge is 2.22. The lowest BCUT2D eigenvalue weighted by atomic mass is 9.91. The number of fused-ring (bicyclic) bond motifs is 3. The van der Waals surface area contributed by atoms with E-state index in [1.807, 2.05) is 37.5 Å². The molecule has 5 heteroatoms. The van der Waals surface area contributed by atoms with Crippen LogP contribution in [0.3, 0.4) is 0 Å². The van der Waals surface area contributed by atoms with Crippen molar-refractivity contribution >= 4 is 11.0 Å². The lowest BCUT2D eigenvalue weighted by molar-refractivity contribution is 0.675. The molecule has 0 radical (unpaired) electrons. The fraction of sp³-hybridized carbons (Fsp3) is 0.333. The summed E-state index contributed by atoms with van der Waals surface area (Å²) in [5.74, 6) is 0. The van der Waals surface area contributed by atoms with Gasteiger partial charge in [-0.3, -0.25) is 14.0 Å². The molecule has 23 heavy (non-hydrogen) atoms. The fourth-order valence-corrected chi connectivity index (χ4v) is 3.64. The number of aryl methyl sites for hydroxylation is 2. The molecule has 2 N–H and O–H groups in total. The number of hydrogen-bond acceptors (Lipinski definition) is 3. The molecule has 0 saturated heterocycles. The first-order valence-corrected chi connectivity index (χ1v) is 8.08. The van der Waals surface area contributed by atoms with Gasteiger partial charge in [0.2, 0.25) is 0 Å². The molecular formula is C18H20N4O. The second-order valence-electron chi connectivity index (χ2n) is 6.18. The van der Waals surface area contributed by atoms with E-state index >= 15 is 0 Å². The molecule has 0 aliphatic heterocycles. The summed E-state index contributed by atoms with van der Waals surface area (Å²) < 4.78 is 3.59. The van der Waals surface area contributed by atoms with Gasteiger partial charge in [-0.05, 0) is 48.9 Å². The van der Waals surface area contributed by atoms with Crippen LogP contribution in [0.4, 0.5) is 0 Å². The zero-order valence-electron chi connectivity index (χ0n) is 13.2. The van der Waals surface area contributed by atoms with Crippen molar-refractivity contribution in [2.24, 2.45) is 12.8 Å². The van der Waals surface area contributed by atoms with E-state index in [2.05, 4.69) is 5.10 Å². The summed E-state index contributed by atoms with van der Waals surface area (Å²) >= 11 is 0. The summed E-state index contributed by atoms with van der Waals surface area (Å²) in [6, 6.07) is 7.88. The van der Waals surface area contributed by atoms with Gasteiger partial charge in [-0.1, -0.05) is 12.1 Å². The Morgan fingerprint density at radius 3 is 2.78 bits per heavy atom. The van der Waals surface area contributed by atoms with E-state index in [1.54, 1.807) is 9.25 Å². The molecule has 1 aromatic carbocycles. The predicted molar refractivity (Wildman–Crippen MR) is 90.8 cm³/mol. The molecule has 3 aromatic rings. The maximum absolute atomic E-state index is 13.2. The van der Waals surface area contributed by atoms with Crippen LogP contribution in [0.1, 0.15) is 29.5 Å². The molecule has 0 unspecified atom stereocenters. The molecule has 4 rings (SSSR count). The van der Waals surface area contributed by atoms with Crippen molar-refractivity contribution in [1.82, 2.24) is 14.3 Å². The second-order valence-corrected chi connectivity index (χ2v) is 6.18. The average Bonchev–Trinajstić information content (AvgIpc) is 2.97. The lowest BCUT2D eigenvalue weighted by Gasteiger charge is -2.19. The van der Waals surface area contributed by atoms with E-state index in [-0.39, 0.29) is 5.56 Å². The van der Waals surface area contributed by atoms with Gasteiger partial charge >= 0.3 is 0 Å². The highest BCUT2D eigenvalue weighted by atomic mass is 16.1. The molecule has 1 aliphatic carbocycles. The maximum Gasteiger partial charge on any atom is 0.260 e. The van der Waals surface area contributed by atoms with Crippen LogP contribution in [0.15, 0.2) is 35.3 Å². The van der Waals surface area contributed by atoms with Gasteiger partial charge in [0.1, 0.15) is 5.65 Å². The molecule has 0 spiro atoms. The van der Waals surface area contributed by atoms with E-state index in [0.717, 1.165) is 53.5 Å². The van der Waals surface area contributed by atoms with Crippen LogP contribution in [0, 0.1) is 0 Å². The Hall–Kier alpha value is -2.40. The number of nitrogens with zero attached hydrogens (tertiary/aromatic N) is 3. The monoisotopic (exact) mass is 308 g/mol. The largest absolute Gasteiger partial charge is 0.326 e. The molecule has 2 aromatic heterocycles. The van der Waals surface area contributed by atoms with Crippen molar-refractivity contribution < 1.29 is 0 Å². The first-order valence-electron chi connectivity index (χ1n) is 8.08. The fourth-order valence-electron chi connectivity index (χ4n) is 3.64. The third kappa shape index (κ3) is 2.11. The van der Waals surface area contributed by atoms with Gasteiger partial charge in [-0.15, -0.1) is 0 Å². The number of aromatic nitrogens is 3. The number of pyridine rings is 1. The molecule has 118 valence electrons. The van der Waals surface area contributed by atoms with Crippen LogP contribution < -0.4 is 11.3 Å². The number of hydrogen-bond donors (Lipinski definition) is 1. The standard InChI is InChI=1S/C18H20N4O/c1-21-17-16(11-20-21)14-7-2-3-8-15(14)18(23)22(17)13-6-4-5-12(9-13)10-19/h4-6,9,11H,2-3,7-8,10,19H2,1H3. The van der Waals surface area contributed by atoms with Gasteiger partial charge in [0.05, 0.1) is 11.9 Å². The minimum atomic E-state index is 0.0879. The first-order chi connectivity index (χ1) is 11.2. The van der Waals surface area contributed by atoms with Crippen molar-refractivity contribution in [3.05, 3.63) is 57.5 Å². The first kappa shape index (κ1) is 14.2. The van der Waals surface area contributed by atoms with Crippen LogP contribution >= 0.6 is 0 Å². The summed E-state index contributed by atoms with van der Waals surface area (Å²) in [7, 11) is 1.89. The maximum atomic E-state index is 13.2. The van der Waals surface area contributed by atoms with Gasteiger partial charge in [-0.25, -0.2) is 0 Å². The van der Waals surface area contributed by atoms with E-state index in [9.17, 15) is 4.79 Å². The number of nitrogens with two attached hydrogens (primary N) is 1. The summed E-state index contributed by atoms with van der Waals surface area (Å²) in [4.78, 5) is 13.2. The highest BCUT2D eigenvalue weighted by molar-refractivity contribution is 5.82. The van der Waals surface area contributed by atoms with Gasteiger partial charge < -0.3 is 5.73 Å². The van der Waals surface area contributed by atoms with Crippen molar-refractivity contribution in [3.8, 4) is 5.69 Å². The zero-order valence-corrected chi connectivity index (χ0v) is 13.2.